The van der Waals surface area contributed by atoms with E-state index in [1.807, 2.05) is 12.1 Å². The molecular formula is C6H9N3. The molecular weight excluding hydrogens is 114 g/mol. The van der Waals surface area contributed by atoms with Gasteiger partial charge in [-0.15, -0.1) is 0 Å². The maximum Gasteiger partial charge on any atom is 0.110 e. The van der Waals surface area contributed by atoms with Crippen LogP contribution in [-0.4, -0.2) is 25.0 Å². The van der Waals surface area contributed by atoms with Gasteiger partial charge in [-0.3, -0.25) is 4.90 Å². The summed E-state index contributed by atoms with van der Waals surface area (Å²) >= 11 is 0. The van der Waals surface area contributed by atoms with Gasteiger partial charge in [-0.1, -0.05) is 0 Å². The molecule has 0 rings (SSSR count). The molecule has 48 valence electrons. The van der Waals surface area contributed by atoms with Crippen molar-refractivity contribution < 1.29 is 0 Å². The van der Waals surface area contributed by atoms with Gasteiger partial charge in [-0.25, -0.2) is 0 Å². The third-order valence-corrected chi connectivity index (χ3v) is 1.06. The van der Waals surface area contributed by atoms with Crippen molar-refractivity contribution in [1.82, 2.24) is 4.90 Å². The van der Waals surface area contributed by atoms with Crippen molar-refractivity contribution in [2.45, 2.75) is 12.5 Å². The number of rotatable bonds is 2. The third-order valence-electron chi connectivity index (χ3n) is 1.06. The lowest BCUT2D eigenvalue weighted by Gasteiger charge is -2.12. The molecule has 0 aliphatic heterocycles. The largest absolute Gasteiger partial charge is 0.293 e. The summed E-state index contributed by atoms with van der Waals surface area (Å²) in [6.07, 6.45) is 0.281. The van der Waals surface area contributed by atoms with Gasteiger partial charge in [0.05, 0.1) is 18.6 Å². The molecule has 0 saturated heterocycles. The molecule has 0 amide bonds. The average molecular weight is 123 g/mol. The third kappa shape index (κ3) is 2.69. The number of nitriles is 2. The molecule has 0 aromatic heterocycles. The first-order valence-electron chi connectivity index (χ1n) is 2.65. The second kappa shape index (κ2) is 3.88. The van der Waals surface area contributed by atoms with Crippen molar-refractivity contribution >= 4 is 0 Å². The van der Waals surface area contributed by atoms with Crippen LogP contribution in [-0.2, 0) is 0 Å². The van der Waals surface area contributed by atoms with E-state index in [-0.39, 0.29) is 12.5 Å². The number of hydrogen-bond donors (Lipinski definition) is 0. The van der Waals surface area contributed by atoms with E-state index in [4.69, 9.17) is 10.5 Å². The average Bonchev–Trinajstić information content (AvgIpc) is 1.82. The van der Waals surface area contributed by atoms with E-state index in [9.17, 15) is 0 Å². The van der Waals surface area contributed by atoms with E-state index in [2.05, 4.69) is 0 Å². The quantitative estimate of drug-likeness (QED) is 0.532. The zero-order chi connectivity index (χ0) is 7.28. The highest BCUT2D eigenvalue weighted by Crippen LogP contribution is 1.94. The van der Waals surface area contributed by atoms with Gasteiger partial charge in [-0.05, 0) is 14.1 Å². The van der Waals surface area contributed by atoms with Crippen LogP contribution in [0.4, 0.5) is 0 Å². The van der Waals surface area contributed by atoms with E-state index in [0.717, 1.165) is 0 Å². The maximum atomic E-state index is 8.38. The Morgan fingerprint density at radius 1 is 1.44 bits per heavy atom. The molecule has 1 atom stereocenters. The predicted molar refractivity (Wildman–Crippen MR) is 33.3 cm³/mol. The van der Waals surface area contributed by atoms with E-state index >= 15 is 0 Å². The number of hydrogen-bond acceptors (Lipinski definition) is 3. The van der Waals surface area contributed by atoms with Gasteiger partial charge in [0.1, 0.15) is 6.04 Å². The van der Waals surface area contributed by atoms with Gasteiger partial charge in [0.25, 0.3) is 0 Å². The molecule has 0 radical (unpaired) electrons. The highest BCUT2D eigenvalue weighted by molar-refractivity contribution is 4.95. The second-order valence-corrected chi connectivity index (χ2v) is 1.97. The van der Waals surface area contributed by atoms with Crippen LogP contribution in [0.25, 0.3) is 0 Å². The SMILES string of the molecule is CN(C)C(C#N)CC#N. The highest BCUT2D eigenvalue weighted by atomic mass is 15.1. The first kappa shape index (κ1) is 7.94. The smallest absolute Gasteiger partial charge is 0.110 e. The molecule has 0 bridgehead atoms. The van der Waals surface area contributed by atoms with Crippen molar-refractivity contribution in [1.29, 1.82) is 10.5 Å². The lowest BCUT2D eigenvalue weighted by atomic mass is 10.2. The molecule has 9 heavy (non-hydrogen) atoms. The van der Waals surface area contributed by atoms with Crippen molar-refractivity contribution in [3.8, 4) is 12.1 Å². The molecule has 0 aromatic rings. The molecule has 0 heterocycles. The van der Waals surface area contributed by atoms with Gasteiger partial charge < -0.3 is 0 Å². The molecule has 0 aromatic carbocycles. The molecule has 0 N–H and O–H groups in total. The van der Waals surface area contributed by atoms with Gasteiger partial charge in [-0.2, -0.15) is 10.5 Å². The summed E-state index contributed by atoms with van der Waals surface area (Å²) < 4.78 is 0. The van der Waals surface area contributed by atoms with Crippen LogP contribution in [0.1, 0.15) is 6.42 Å². The fourth-order valence-corrected chi connectivity index (χ4v) is 0.430. The van der Waals surface area contributed by atoms with Crippen LogP contribution < -0.4 is 0 Å². The molecule has 0 spiro atoms. The van der Waals surface area contributed by atoms with Crippen LogP contribution in [0.5, 0.6) is 0 Å². The van der Waals surface area contributed by atoms with E-state index < -0.39 is 0 Å². The minimum atomic E-state index is -0.255. The van der Waals surface area contributed by atoms with Gasteiger partial charge >= 0.3 is 0 Å². The summed E-state index contributed by atoms with van der Waals surface area (Å²) in [6, 6.07) is 3.69. The van der Waals surface area contributed by atoms with Crippen LogP contribution in [0.3, 0.4) is 0 Å². The fraction of sp³-hybridized carbons (Fsp3) is 0.667. The zero-order valence-corrected chi connectivity index (χ0v) is 5.63. The van der Waals surface area contributed by atoms with Crippen LogP contribution in [0.15, 0.2) is 0 Å². The van der Waals surface area contributed by atoms with E-state index in [1.165, 1.54) is 0 Å². The molecule has 0 saturated carbocycles. The Balaban J connectivity index is 3.76. The summed E-state index contributed by atoms with van der Waals surface area (Å²) in [7, 11) is 3.57. The zero-order valence-electron chi connectivity index (χ0n) is 5.63. The lowest BCUT2D eigenvalue weighted by Crippen LogP contribution is -2.25. The van der Waals surface area contributed by atoms with Crippen LogP contribution >= 0.6 is 0 Å². The monoisotopic (exact) mass is 123 g/mol. The second-order valence-electron chi connectivity index (χ2n) is 1.97. The topological polar surface area (TPSA) is 50.8 Å². The minimum Gasteiger partial charge on any atom is -0.293 e. The van der Waals surface area contributed by atoms with E-state index in [1.54, 1.807) is 19.0 Å². The standard InChI is InChI=1S/C6H9N3/c1-9(2)6(5-8)3-4-7/h6H,3H2,1-2H3. The Morgan fingerprint density at radius 3 is 2.11 bits per heavy atom. The van der Waals surface area contributed by atoms with Gasteiger partial charge in [0.2, 0.25) is 0 Å². The summed E-state index contributed by atoms with van der Waals surface area (Å²) in [6.45, 7) is 0. The Hall–Kier alpha value is -1.06. The van der Waals surface area contributed by atoms with Crippen molar-refractivity contribution in [3.63, 3.8) is 0 Å². The molecule has 0 fully saturated rings. The first-order chi connectivity index (χ1) is 4.22. The van der Waals surface area contributed by atoms with Gasteiger partial charge in [0.15, 0.2) is 0 Å². The van der Waals surface area contributed by atoms with Crippen molar-refractivity contribution in [3.05, 3.63) is 0 Å². The van der Waals surface area contributed by atoms with Crippen molar-refractivity contribution in [2.24, 2.45) is 0 Å². The first-order valence-corrected chi connectivity index (χ1v) is 2.65. The summed E-state index contributed by atoms with van der Waals surface area (Å²) in [5.74, 6) is 0. The Labute approximate surface area is 55.1 Å². The highest BCUT2D eigenvalue weighted by Gasteiger charge is 2.07. The maximum absolute atomic E-state index is 8.38. The minimum absolute atomic E-state index is 0.255. The van der Waals surface area contributed by atoms with Crippen molar-refractivity contribution in [2.75, 3.05) is 14.1 Å². The summed E-state index contributed by atoms with van der Waals surface area (Å²) in [5, 5.41) is 16.6. The molecule has 0 aliphatic rings. The normalized spacial score (nSPS) is 12.1. The fourth-order valence-electron chi connectivity index (χ4n) is 0.430. The lowest BCUT2D eigenvalue weighted by molar-refractivity contribution is 0.354. The molecule has 3 heteroatoms. The number of nitrogens with zero attached hydrogens (tertiary/aromatic N) is 3. The van der Waals surface area contributed by atoms with Gasteiger partial charge in [0, 0.05) is 0 Å². The summed E-state index contributed by atoms with van der Waals surface area (Å²) in [4.78, 5) is 1.73. The van der Waals surface area contributed by atoms with Crippen LogP contribution in [0.2, 0.25) is 0 Å². The Bertz CT molecular complexity index is 149. The predicted octanol–water partition coefficient (Wildman–Crippen LogP) is 0.354. The molecule has 1 unspecified atom stereocenters. The molecule has 3 nitrogen and oxygen atoms in total. The Morgan fingerprint density at radius 2 is 2.00 bits per heavy atom. The Kier molecular flexibility index (Phi) is 3.43. The van der Waals surface area contributed by atoms with E-state index in [0.29, 0.717) is 0 Å². The molecule has 0 aliphatic carbocycles. The van der Waals surface area contributed by atoms with Crippen LogP contribution in [0, 0.1) is 22.7 Å². The summed E-state index contributed by atoms with van der Waals surface area (Å²) in [5.41, 5.74) is 0.